The Morgan fingerprint density at radius 3 is 2.68 bits per heavy atom. The number of aryl methyl sites for hydroxylation is 2. The molecule has 1 saturated heterocycles. The highest BCUT2D eigenvalue weighted by atomic mass is 32.2. The first-order valence-corrected chi connectivity index (χ1v) is 9.77. The summed E-state index contributed by atoms with van der Waals surface area (Å²) in [5, 5.41) is 9.64. The molecule has 0 bridgehead atoms. The molecule has 1 aromatic carbocycles. The fourth-order valence-corrected chi connectivity index (χ4v) is 5.19. The second-order valence-corrected chi connectivity index (χ2v) is 8.57. The standard InChI is InChI=1S/C18H18N4OS2/c1-10-11(2)20-21-17-14(10)15(19)16(25-17)18(23)22-8-13(9-22)24-12-6-4-3-5-7-12/h3-7,13H,8-9,19H2,1-2H3. The molecule has 0 aliphatic carbocycles. The summed E-state index contributed by atoms with van der Waals surface area (Å²) in [6, 6.07) is 10.3. The van der Waals surface area contributed by atoms with Gasteiger partial charge in [0.15, 0.2) is 0 Å². The van der Waals surface area contributed by atoms with E-state index in [2.05, 4.69) is 22.3 Å². The van der Waals surface area contributed by atoms with Crippen molar-refractivity contribution in [3.63, 3.8) is 0 Å². The zero-order chi connectivity index (χ0) is 17.6. The number of carbonyl (C=O) groups excluding carboxylic acids is 1. The zero-order valence-electron chi connectivity index (χ0n) is 14.0. The predicted molar refractivity (Wildman–Crippen MR) is 103 cm³/mol. The minimum atomic E-state index is 0.00228. The summed E-state index contributed by atoms with van der Waals surface area (Å²) in [7, 11) is 0. The highest BCUT2D eigenvalue weighted by Crippen LogP contribution is 2.37. The second kappa shape index (κ2) is 6.31. The van der Waals surface area contributed by atoms with Gasteiger partial charge in [-0.15, -0.1) is 28.2 Å². The Bertz CT molecular complexity index is 949. The molecule has 25 heavy (non-hydrogen) atoms. The molecule has 0 spiro atoms. The fraction of sp³-hybridized carbons (Fsp3) is 0.278. The van der Waals surface area contributed by atoms with Gasteiger partial charge in [0.2, 0.25) is 0 Å². The molecular weight excluding hydrogens is 352 g/mol. The van der Waals surface area contributed by atoms with Gasteiger partial charge in [0, 0.05) is 28.6 Å². The summed E-state index contributed by atoms with van der Waals surface area (Å²) in [6.45, 7) is 5.37. The van der Waals surface area contributed by atoms with Crippen LogP contribution in [-0.2, 0) is 0 Å². The third-order valence-corrected chi connectivity index (χ3v) is 6.76. The number of carbonyl (C=O) groups is 1. The normalized spacial score (nSPS) is 14.7. The molecule has 1 aliphatic heterocycles. The van der Waals surface area contributed by atoms with Crippen LogP contribution in [0.2, 0.25) is 0 Å². The first kappa shape index (κ1) is 16.4. The van der Waals surface area contributed by atoms with Gasteiger partial charge in [0.05, 0.1) is 11.4 Å². The van der Waals surface area contributed by atoms with Crippen LogP contribution in [0.1, 0.15) is 20.9 Å². The average molecular weight is 371 g/mol. The number of likely N-dealkylation sites (tertiary alicyclic amines) is 1. The van der Waals surface area contributed by atoms with E-state index in [0.29, 0.717) is 15.8 Å². The fourth-order valence-electron chi connectivity index (χ4n) is 2.91. The molecule has 1 fully saturated rings. The topological polar surface area (TPSA) is 72.1 Å². The van der Waals surface area contributed by atoms with Crippen molar-refractivity contribution in [1.82, 2.24) is 15.1 Å². The van der Waals surface area contributed by atoms with Crippen molar-refractivity contribution in [2.24, 2.45) is 0 Å². The number of fused-ring (bicyclic) bond motifs is 1. The van der Waals surface area contributed by atoms with Crippen molar-refractivity contribution < 1.29 is 4.79 Å². The van der Waals surface area contributed by atoms with Gasteiger partial charge in [-0.3, -0.25) is 4.79 Å². The summed E-state index contributed by atoms with van der Waals surface area (Å²) >= 11 is 3.16. The van der Waals surface area contributed by atoms with Gasteiger partial charge < -0.3 is 10.6 Å². The number of anilines is 1. The van der Waals surface area contributed by atoms with E-state index in [1.54, 1.807) is 0 Å². The number of amides is 1. The molecule has 4 rings (SSSR count). The largest absolute Gasteiger partial charge is 0.397 e. The van der Waals surface area contributed by atoms with Crippen LogP contribution in [0.25, 0.3) is 10.2 Å². The van der Waals surface area contributed by atoms with Crippen LogP contribution in [0.4, 0.5) is 5.69 Å². The van der Waals surface area contributed by atoms with Crippen LogP contribution in [0.15, 0.2) is 35.2 Å². The molecule has 1 amide bonds. The van der Waals surface area contributed by atoms with Gasteiger partial charge in [-0.05, 0) is 31.5 Å². The van der Waals surface area contributed by atoms with Crippen molar-refractivity contribution in [2.45, 2.75) is 24.0 Å². The van der Waals surface area contributed by atoms with E-state index in [1.807, 2.05) is 48.7 Å². The number of nitrogens with zero attached hydrogens (tertiary/aromatic N) is 3. The van der Waals surface area contributed by atoms with Gasteiger partial charge in [-0.25, -0.2) is 0 Å². The van der Waals surface area contributed by atoms with Crippen molar-refractivity contribution in [3.05, 3.63) is 46.5 Å². The number of nitrogen functional groups attached to an aromatic ring is 1. The van der Waals surface area contributed by atoms with E-state index < -0.39 is 0 Å². The van der Waals surface area contributed by atoms with E-state index in [1.165, 1.54) is 16.2 Å². The Balaban J connectivity index is 1.50. The van der Waals surface area contributed by atoms with E-state index in [9.17, 15) is 4.79 Å². The minimum absolute atomic E-state index is 0.00228. The summed E-state index contributed by atoms with van der Waals surface area (Å²) in [6.07, 6.45) is 0. The number of thioether (sulfide) groups is 1. The third kappa shape index (κ3) is 2.87. The molecule has 0 saturated carbocycles. The summed E-state index contributed by atoms with van der Waals surface area (Å²) < 4.78 is 0. The summed E-state index contributed by atoms with van der Waals surface area (Å²) in [5.41, 5.74) is 8.66. The number of hydrogen-bond acceptors (Lipinski definition) is 6. The quantitative estimate of drug-likeness (QED) is 0.764. The lowest BCUT2D eigenvalue weighted by Crippen LogP contribution is -2.51. The number of benzene rings is 1. The SMILES string of the molecule is Cc1nnc2sc(C(=O)N3CC(Sc4ccccc4)C3)c(N)c2c1C. The smallest absolute Gasteiger partial charge is 0.266 e. The summed E-state index contributed by atoms with van der Waals surface area (Å²) in [5.74, 6) is 0.00228. The number of nitrogens with two attached hydrogens (primary N) is 1. The lowest BCUT2D eigenvalue weighted by Gasteiger charge is -2.38. The lowest BCUT2D eigenvalue weighted by atomic mass is 10.1. The summed E-state index contributed by atoms with van der Waals surface area (Å²) in [4.78, 5) is 17.2. The van der Waals surface area contributed by atoms with Gasteiger partial charge in [-0.1, -0.05) is 18.2 Å². The number of thiophene rings is 1. The Morgan fingerprint density at radius 2 is 1.96 bits per heavy atom. The van der Waals surface area contributed by atoms with Crippen LogP contribution >= 0.6 is 23.1 Å². The zero-order valence-corrected chi connectivity index (χ0v) is 15.7. The van der Waals surface area contributed by atoms with Crippen molar-refractivity contribution in [1.29, 1.82) is 0 Å². The van der Waals surface area contributed by atoms with Gasteiger partial charge >= 0.3 is 0 Å². The highest BCUT2D eigenvalue weighted by molar-refractivity contribution is 8.00. The van der Waals surface area contributed by atoms with Crippen molar-refractivity contribution in [3.8, 4) is 0 Å². The van der Waals surface area contributed by atoms with E-state index in [0.717, 1.165) is 34.6 Å². The van der Waals surface area contributed by atoms with Crippen LogP contribution in [0, 0.1) is 13.8 Å². The van der Waals surface area contributed by atoms with Crippen LogP contribution in [-0.4, -0.2) is 39.3 Å². The minimum Gasteiger partial charge on any atom is -0.397 e. The van der Waals surface area contributed by atoms with Gasteiger partial charge in [0.25, 0.3) is 5.91 Å². The first-order valence-electron chi connectivity index (χ1n) is 8.07. The second-order valence-electron chi connectivity index (χ2n) is 6.20. The molecule has 0 radical (unpaired) electrons. The first-order chi connectivity index (χ1) is 12.0. The molecule has 7 heteroatoms. The van der Waals surface area contributed by atoms with Crippen LogP contribution in [0.3, 0.4) is 0 Å². The Kier molecular flexibility index (Phi) is 4.13. The third-order valence-electron chi connectivity index (χ3n) is 4.51. The molecule has 2 N–H and O–H groups in total. The monoisotopic (exact) mass is 370 g/mol. The molecule has 128 valence electrons. The van der Waals surface area contributed by atoms with Gasteiger partial charge in [0.1, 0.15) is 9.71 Å². The Morgan fingerprint density at radius 1 is 1.24 bits per heavy atom. The molecule has 5 nitrogen and oxygen atoms in total. The maximum atomic E-state index is 12.8. The number of hydrogen-bond donors (Lipinski definition) is 1. The Hall–Kier alpha value is -2.12. The average Bonchev–Trinajstić information content (AvgIpc) is 2.92. The highest BCUT2D eigenvalue weighted by Gasteiger charge is 2.34. The molecule has 3 aromatic rings. The molecule has 3 heterocycles. The van der Waals surface area contributed by atoms with Crippen molar-refractivity contribution >= 4 is 44.9 Å². The number of rotatable bonds is 3. The molecule has 0 unspecified atom stereocenters. The van der Waals surface area contributed by atoms with Crippen molar-refractivity contribution in [2.75, 3.05) is 18.8 Å². The maximum Gasteiger partial charge on any atom is 0.266 e. The van der Waals surface area contributed by atoms with Crippen LogP contribution < -0.4 is 5.73 Å². The van der Waals surface area contributed by atoms with Crippen LogP contribution in [0.5, 0.6) is 0 Å². The number of aromatic nitrogens is 2. The van der Waals surface area contributed by atoms with Gasteiger partial charge in [-0.2, -0.15) is 5.10 Å². The van der Waals surface area contributed by atoms with E-state index in [4.69, 9.17) is 5.73 Å². The molecule has 1 aliphatic rings. The predicted octanol–water partition coefficient (Wildman–Crippen LogP) is 3.51. The lowest BCUT2D eigenvalue weighted by molar-refractivity contribution is 0.0670. The Labute approximate surface area is 154 Å². The molecule has 0 atom stereocenters. The maximum absolute atomic E-state index is 12.8. The molecule has 2 aromatic heterocycles. The van der Waals surface area contributed by atoms with E-state index >= 15 is 0 Å². The van der Waals surface area contributed by atoms with E-state index in [-0.39, 0.29) is 5.91 Å². The molecular formula is C18H18N4OS2.